The molecule has 0 radical (unpaired) electrons. The molecule has 0 aliphatic carbocycles. The van der Waals surface area contributed by atoms with Gasteiger partial charge >= 0.3 is 0 Å². The number of likely N-dealkylation sites (tertiary alicyclic amines) is 1. The van der Waals surface area contributed by atoms with Crippen LogP contribution in [0.2, 0.25) is 0 Å². The topological polar surface area (TPSA) is 50.5 Å². The maximum absolute atomic E-state index is 12.1. The van der Waals surface area contributed by atoms with Crippen molar-refractivity contribution in [3.63, 3.8) is 0 Å². The quantitative estimate of drug-likeness (QED) is 0.870. The van der Waals surface area contributed by atoms with E-state index in [-0.39, 0.29) is 5.56 Å². The Morgan fingerprint density at radius 3 is 3.05 bits per heavy atom. The number of aryl methyl sites for hydroxylation is 1. The van der Waals surface area contributed by atoms with Crippen molar-refractivity contribution in [1.29, 1.82) is 0 Å². The lowest BCUT2D eigenvalue weighted by atomic mass is 9.95. The fourth-order valence-electron chi connectivity index (χ4n) is 2.98. The van der Waals surface area contributed by atoms with Gasteiger partial charge in [0.1, 0.15) is 5.01 Å². The summed E-state index contributed by atoms with van der Waals surface area (Å²) in [6.07, 6.45) is 4.66. The summed E-state index contributed by atoms with van der Waals surface area (Å²) in [4.78, 5) is 19.9. The molecule has 114 valence electrons. The van der Waals surface area contributed by atoms with Crippen molar-refractivity contribution in [2.75, 3.05) is 13.1 Å². The summed E-state index contributed by atoms with van der Waals surface area (Å²) in [6.45, 7) is 7.32. The van der Waals surface area contributed by atoms with Crippen molar-refractivity contribution in [1.82, 2.24) is 19.5 Å². The van der Waals surface area contributed by atoms with E-state index in [0.29, 0.717) is 0 Å². The lowest BCUT2D eigenvalue weighted by Gasteiger charge is -2.31. The van der Waals surface area contributed by atoms with Gasteiger partial charge in [-0.05, 0) is 31.7 Å². The average Bonchev–Trinajstić information content (AvgIpc) is 2.91. The number of hydrogen-bond acceptors (Lipinski definition) is 5. The third-order valence-electron chi connectivity index (χ3n) is 4.21. The first-order valence-corrected chi connectivity index (χ1v) is 8.62. The molecule has 6 heteroatoms. The van der Waals surface area contributed by atoms with Gasteiger partial charge in [0.05, 0.1) is 5.69 Å². The van der Waals surface area contributed by atoms with Crippen LogP contribution >= 0.6 is 11.3 Å². The standard InChI is InChI=1S/C15H22N4OS/c1-3-11-6-5-7-18(9-11)10-12-8-14(20)19-15(16-12)21-13(4-2)17-19/h8,11H,3-7,9-10H2,1-2H3/t11-/m1/s1. The van der Waals surface area contributed by atoms with E-state index in [1.54, 1.807) is 6.07 Å². The third-order valence-corrected chi connectivity index (χ3v) is 5.26. The number of hydrogen-bond donors (Lipinski definition) is 0. The Hall–Kier alpha value is -1.27. The predicted octanol–water partition coefficient (Wildman–Crippen LogP) is 2.34. The van der Waals surface area contributed by atoms with Crippen LogP contribution in [0.4, 0.5) is 0 Å². The first kappa shape index (κ1) is 14.7. The van der Waals surface area contributed by atoms with Gasteiger partial charge in [-0.2, -0.15) is 9.61 Å². The highest BCUT2D eigenvalue weighted by atomic mass is 32.1. The molecule has 0 spiro atoms. The molecule has 2 aromatic heterocycles. The Morgan fingerprint density at radius 1 is 1.43 bits per heavy atom. The van der Waals surface area contributed by atoms with Gasteiger partial charge in [0, 0.05) is 19.2 Å². The number of nitrogens with zero attached hydrogens (tertiary/aromatic N) is 4. The molecule has 0 saturated carbocycles. The molecule has 1 atom stereocenters. The summed E-state index contributed by atoms with van der Waals surface area (Å²) in [5.74, 6) is 0.790. The van der Waals surface area contributed by atoms with Gasteiger partial charge in [-0.15, -0.1) is 0 Å². The van der Waals surface area contributed by atoms with Gasteiger partial charge in [0.15, 0.2) is 0 Å². The summed E-state index contributed by atoms with van der Waals surface area (Å²) in [6, 6.07) is 1.64. The Labute approximate surface area is 128 Å². The molecule has 1 aliphatic heterocycles. The normalized spacial score (nSPS) is 20.2. The Balaban J connectivity index is 1.82. The van der Waals surface area contributed by atoms with Gasteiger partial charge in [-0.25, -0.2) is 4.98 Å². The minimum absolute atomic E-state index is 0.0602. The molecule has 3 rings (SSSR count). The van der Waals surface area contributed by atoms with Crippen LogP contribution in [0.25, 0.3) is 4.96 Å². The van der Waals surface area contributed by atoms with E-state index in [1.807, 2.05) is 6.92 Å². The molecule has 0 N–H and O–H groups in total. The lowest BCUT2D eigenvalue weighted by Crippen LogP contribution is -2.35. The van der Waals surface area contributed by atoms with Crippen LogP contribution < -0.4 is 5.56 Å². The predicted molar refractivity (Wildman–Crippen MR) is 84.8 cm³/mol. The Kier molecular flexibility index (Phi) is 4.35. The average molecular weight is 306 g/mol. The van der Waals surface area contributed by atoms with Crippen molar-refractivity contribution in [2.45, 2.75) is 46.1 Å². The molecular formula is C15H22N4OS. The van der Waals surface area contributed by atoms with Gasteiger partial charge in [0.25, 0.3) is 5.56 Å². The fraction of sp³-hybridized carbons (Fsp3) is 0.667. The molecule has 0 bridgehead atoms. The first-order valence-electron chi connectivity index (χ1n) is 7.80. The van der Waals surface area contributed by atoms with Gasteiger partial charge in [-0.3, -0.25) is 9.69 Å². The summed E-state index contributed by atoms with van der Waals surface area (Å²) >= 11 is 1.51. The largest absolute Gasteiger partial charge is 0.297 e. The van der Waals surface area contributed by atoms with E-state index >= 15 is 0 Å². The number of rotatable bonds is 4. The molecule has 3 heterocycles. The van der Waals surface area contributed by atoms with Crippen LogP contribution in [0.1, 0.15) is 43.8 Å². The van der Waals surface area contributed by atoms with Crippen molar-refractivity contribution in [2.24, 2.45) is 5.92 Å². The zero-order chi connectivity index (χ0) is 14.8. The zero-order valence-corrected chi connectivity index (χ0v) is 13.5. The van der Waals surface area contributed by atoms with Crippen molar-refractivity contribution in [3.8, 4) is 0 Å². The molecule has 0 aromatic carbocycles. The number of fused-ring (bicyclic) bond motifs is 1. The van der Waals surface area contributed by atoms with E-state index in [4.69, 9.17) is 0 Å². The lowest BCUT2D eigenvalue weighted by molar-refractivity contribution is 0.163. The second-order valence-electron chi connectivity index (χ2n) is 5.78. The molecule has 0 unspecified atom stereocenters. The molecule has 2 aromatic rings. The molecule has 1 saturated heterocycles. The Morgan fingerprint density at radius 2 is 2.29 bits per heavy atom. The van der Waals surface area contributed by atoms with Crippen molar-refractivity contribution >= 4 is 16.3 Å². The van der Waals surface area contributed by atoms with E-state index < -0.39 is 0 Å². The van der Waals surface area contributed by atoms with E-state index in [1.165, 1.54) is 35.1 Å². The summed E-state index contributed by atoms with van der Waals surface area (Å²) < 4.78 is 1.43. The minimum Gasteiger partial charge on any atom is -0.297 e. The van der Waals surface area contributed by atoms with Gasteiger partial charge in [-0.1, -0.05) is 31.6 Å². The van der Waals surface area contributed by atoms with Crippen LogP contribution in [0.5, 0.6) is 0 Å². The van der Waals surface area contributed by atoms with Crippen LogP contribution in [0.3, 0.4) is 0 Å². The smallest absolute Gasteiger partial charge is 0.275 e. The second kappa shape index (κ2) is 6.23. The van der Waals surface area contributed by atoms with Gasteiger partial charge in [0.2, 0.25) is 4.96 Å². The third kappa shape index (κ3) is 3.16. The molecule has 0 amide bonds. The van der Waals surface area contributed by atoms with Gasteiger partial charge < -0.3 is 0 Å². The highest BCUT2D eigenvalue weighted by Gasteiger charge is 2.19. The monoisotopic (exact) mass is 306 g/mol. The fourth-order valence-corrected chi connectivity index (χ4v) is 3.83. The summed E-state index contributed by atoms with van der Waals surface area (Å²) in [7, 11) is 0. The SMILES string of the molecule is CCc1nn2c(=O)cc(CN3CCC[C@@H](CC)C3)nc2s1. The highest BCUT2D eigenvalue weighted by Crippen LogP contribution is 2.20. The van der Waals surface area contributed by atoms with Crippen LogP contribution in [0.15, 0.2) is 10.9 Å². The summed E-state index contributed by atoms with van der Waals surface area (Å²) in [5, 5.41) is 5.25. The molecule has 5 nitrogen and oxygen atoms in total. The maximum atomic E-state index is 12.1. The molecule has 1 fully saturated rings. The van der Waals surface area contributed by atoms with Crippen molar-refractivity contribution in [3.05, 3.63) is 27.1 Å². The van der Waals surface area contributed by atoms with Crippen LogP contribution in [-0.4, -0.2) is 32.6 Å². The molecule has 21 heavy (non-hydrogen) atoms. The Bertz CT molecular complexity index is 678. The summed E-state index contributed by atoms with van der Waals surface area (Å²) in [5.41, 5.74) is 0.818. The number of aromatic nitrogens is 3. The second-order valence-corrected chi connectivity index (χ2v) is 6.82. The van der Waals surface area contributed by atoms with Crippen LogP contribution in [-0.2, 0) is 13.0 Å². The maximum Gasteiger partial charge on any atom is 0.275 e. The van der Waals surface area contributed by atoms with E-state index in [0.717, 1.165) is 47.6 Å². The van der Waals surface area contributed by atoms with Crippen LogP contribution in [0, 0.1) is 5.92 Å². The molecular weight excluding hydrogens is 284 g/mol. The number of piperidine rings is 1. The highest BCUT2D eigenvalue weighted by molar-refractivity contribution is 7.16. The first-order chi connectivity index (χ1) is 10.2. The zero-order valence-electron chi connectivity index (χ0n) is 12.7. The molecule has 1 aliphatic rings. The van der Waals surface area contributed by atoms with Crippen molar-refractivity contribution < 1.29 is 0 Å². The minimum atomic E-state index is -0.0602. The van der Waals surface area contributed by atoms with E-state index in [2.05, 4.69) is 21.9 Å². The van der Waals surface area contributed by atoms with E-state index in [9.17, 15) is 4.79 Å².